The van der Waals surface area contributed by atoms with Crippen LogP contribution < -0.4 is 4.74 Å². The number of ether oxygens (including phenoxy) is 1. The van der Waals surface area contributed by atoms with Gasteiger partial charge in [-0.2, -0.15) is 0 Å². The van der Waals surface area contributed by atoms with Gasteiger partial charge in [-0.1, -0.05) is 48.0 Å². The molecule has 0 spiro atoms. The molecule has 0 atom stereocenters. The van der Waals surface area contributed by atoms with Gasteiger partial charge in [-0.3, -0.25) is 0 Å². The lowest BCUT2D eigenvalue weighted by Gasteiger charge is -2.09. The van der Waals surface area contributed by atoms with Crippen LogP contribution in [0.25, 0.3) is 0 Å². The Morgan fingerprint density at radius 2 is 2.14 bits per heavy atom. The molecule has 0 radical (unpaired) electrons. The summed E-state index contributed by atoms with van der Waals surface area (Å²) in [6.45, 7) is 5.94. The molecule has 0 unspecified atom stereocenters. The second kappa shape index (κ2) is 7.61. The summed E-state index contributed by atoms with van der Waals surface area (Å²) in [7, 11) is 0. The molecule has 0 saturated heterocycles. The number of thioether (sulfide) groups is 1. The van der Waals surface area contributed by atoms with Gasteiger partial charge in [0.05, 0.1) is 11.2 Å². The maximum atomic E-state index is 12.3. The van der Waals surface area contributed by atoms with Gasteiger partial charge in [0.1, 0.15) is 5.75 Å². The number of nitrogens with zero attached hydrogens (tertiary/aromatic N) is 2. The normalized spacial score (nSPS) is 10.5. The Morgan fingerprint density at radius 3 is 2.82 bits per heavy atom. The summed E-state index contributed by atoms with van der Waals surface area (Å²) in [4.78, 5) is 20.6. The Labute approximate surface area is 139 Å². The number of aryl methyl sites for hydroxylation is 2. The molecule has 0 saturated carbocycles. The third-order valence-corrected chi connectivity index (χ3v) is 4.23. The van der Waals surface area contributed by atoms with E-state index in [0.29, 0.717) is 10.9 Å². The average molecular weight is 337 g/mol. The van der Waals surface area contributed by atoms with Crippen LogP contribution in [0.3, 0.4) is 0 Å². The first-order valence-corrected chi connectivity index (χ1v) is 8.32. The zero-order valence-corrected chi connectivity index (χ0v) is 14.3. The Balaban J connectivity index is 2.21. The van der Waals surface area contributed by atoms with Crippen molar-refractivity contribution in [3.05, 3.63) is 46.2 Å². The summed E-state index contributed by atoms with van der Waals surface area (Å²) in [5.41, 5.74) is 2.09. The number of aromatic nitrogens is 2. The first kappa shape index (κ1) is 16.8. The van der Waals surface area contributed by atoms with Gasteiger partial charge >= 0.3 is 5.97 Å². The van der Waals surface area contributed by atoms with Gasteiger partial charge in [-0.15, -0.1) is 0 Å². The third kappa shape index (κ3) is 4.21. The number of hydrogen-bond donors (Lipinski definition) is 0. The molecule has 2 aromatic rings. The van der Waals surface area contributed by atoms with Crippen LogP contribution in [0.1, 0.15) is 35.0 Å². The Morgan fingerprint density at radius 1 is 1.36 bits per heavy atom. The van der Waals surface area contributed by atoms with Crippen LogP contribution in [0.4, 0.5) is 0 Å². The summed E-state index contributed by atoms with van der Waals surface area (Å²) in [5, 5.41) is 0.717. The molecule has 0 aliphatic rings. The molecule has 0 amide bonds. The Bertz CT molecular complexity index is 692. The fourth-order valence-electron chi connectivity index (χ4n) is 1.82. The number of carbonyl (C=O) groups excluding carboxylic acids is 1. The van der Waals surface area contributed by atoms with E-state index in [9.17, 15) is 4.79 Å². The van der Waals surface area contributed by atoms with Gasteiger partial charge in [-0.05, 0) is 31.9 Å². The van der Waals surface area contributed by atoms with Gasteiger partial charge < -0.3 is 4.74 Å². The zero-order chi connectivity index (χ0) is 16.1. The minimum Gasteiger partial charge on any atom is -0.421 e. The first-order valence-electron chi connectivity index (χ1n) is 6.96. The lowest BCUT2D eigenvalue weighted by Crippen LogP contribution is -2.13. The molecule has 0 fully saturated rings. The van der Waals surface area contributed by atoms with Crippen molar-refractivity contribution in [2.75, 3.05) is 5.75 Å². The molecule has 116 valence electrons. The van der Waals surface area contributed by atoms with Crippen LogP contribution in [0.15, 0.2) is 29.6 Å². The maximum absolute atomic E-state index is 12.3. The van der Waals surface area contributed by atoms with Crippen molar-refractivity contribution in [3.8, 4) is 5.75 Å². The minimum atomic E-state index is -0.572. The SMILES string of the molecule is CCCSc1ncc(Cl)c(C(=O)Oc2ccc(C)cc2C)n1. The van der Waals surface area contributed by atoms with E-state index in [0.717, 1.165) is 23.3 Å². The van der Waals surface area contributed by atoms with E-state index in [1.165, 1.54) is 18.0 Å². The smallest absolute Gasteiger partial charge is 0.364 e. The van der Waals surface area contributed by atoms with Crippen LogP contribution in [0.5, 0.6) is 5.75 Å². The Kier molecular flexibility index (Phi) is 5.80. The highest BCUT2D eigenvalue weighted by Crippen LogP contribution is 2.23. The molecule has 0 bridgehead atoms. The van der Waals surface area contributed by atoms with E-state index in [1.807, 2.05) is 26.0 Å². The van der Waals surface area contributed by atoms with Crippen molar-refractivity contribution in [2.45, 2.75) is 32.3 Å². The van der Waals surface area contributed by atoms with Crippen LogP contribution >= 0.6 is 23.4 Å². The van der Waals surface area contributed by atoms with E-state index in [2.05, 4.69) is 16.9 Å². The Hall–Kier alpha value is -1.59. The van der Waals surface area contributed by atoms with Gasteiger partial charge in [0.15, 0.2) is 10.9 Å². The topological polar surface area (TPSA) is 52.1 Å². The molecule has 0 aliphatic heterocycles. The molecule has 1 heterocycles. The molecule has 1 aromatic heterocycles. The maximum Gasteiger partial charge on any atom is 0.364 e. The number of benzene rings is 1. The van der Waals surface area contributed by atoms with Gasteiger partial charge in [0, 0.05) is 5.75 Å². The fourth-order valence-corrected chi connectivity index (χ4v) is 2.66. The molecule has 2 rings (SSSR count). The molecule has 22 heavy (non-hydrogen) atoms. The highest BCUT2D eigenvalue weighted by Gasteiger charge is 2.17. The van der Waals surface area contributed by atoms with Crippen molar-refractivity contribution >= 4 is 29.3 Å². The van der Waals surface area contributed by atoms with Crippen LogP contribution in [0.2, 0.25) is 5.02 Å². The lowest BCUT2D eigenvalue weighted by molar-refractivity contribution is 0.0726. The monoisotopic (exact) mass is 336 g/mol. The summed E-state index contributed by atoms with van der Waals surface area (Å²) >= 11 is 7.50. The van der Waals surface area contributed by atoms with Gasteiger partial charge in [-0.25, -0.2) is 14.8 Å². The molecular formula is C16H17ClN2O2S. The second-order valence-corrected chi connectivity index (χ2v) is 6.33. The average Bonchev–Trinajstić information content (AvgIpc) is 2.49. The van der Waals surface area contributed by atoms with E-state index < -0.39 is 5.97 Å². The quantitative estimate of drug-likeness (QED) is 0.349. The minimum absolute atomic E-state index is 0.0928. The van der Waals surface area contributed by atoms with Crippen molar-refractivity contribution in [1.29, 1.82) is 0 Å². The molecular weight excluding hydrogens is 320 g/mol. The third-order valence-electron chi connectivity index (χ3n) is 2.88. The van der Waals surface area contributed by atoms with Crippen molar-refractivity contribution in [3.63, 3.8) is 0 Å². The molecule has 6 heteroatoms. The highest BCUT2D eigenvalue weighted by atomic mass is 35.5. The number of esters is 1. The van der Waals surface area contributed by atoms with E-state index in [-0.39, 0.29) is 10.7 Å². The lowest BCUT2D eigenvalue weighted by atomic mass is 10.1. The molecule has 0 N–H and O–H groups in total. The standard InChI is InChI=1S/C16H17ClN2O2S/c1-4-7-22-16-18-9-12(17)14(19-16)15(20)21-13-6-5-10(2)8-11(13)3/h5-6,8-9H,4,7H2,1-3H3. The summed E-state index contributed by atoms with van der Waals surface area (Å²) in [6, 6.07) is 5.61. The zero-order valence-electron chi connectivity index (χ0n) is 12.7. The molecule has 1 aromatic carbocycles. The molecule has 0 aliphatic carbocycles. The highest BCUT2D eigenvalue weighted by molar-refractivity contribution is 7.99. The summed E-state index contributed by atoms with van der Waals surface area (Å²) in [6.07, 6.45) is 2.43. The predicted molar refractivity (Wildman–Crippen MR) is 88.9 cm³/mol. The summed E-state index contributed by atoms with van der Waals surface area (Å²) < 4.78 is 5.40. The van der Waals surface area contributed by atoms with Crippen molar-refractivity contribution in [1.82, 2.24) is 9.97 Å². The van der Waals surface area contributed by atoms with Crippen LogP contribution in [-0.2, 0) is 0 Å². The largest absolute Gasteiger partial charge is 0.421 e. The van der Waals surface area contributed by atoms with E-state index in [1.54, 1.807) is 6.07 Å². The van der Waals surface area contributed by atoms with Crippen molar-refractivity contribution < 1.29 is 9.53 Å². The van der Waals surface area contributed by atoms with Crippen LogP contribution in [0, 0.1) is 13.8 Å². The van der Waals surface area contributed by atoms with Gasteiger partial charge in [0.25, 0.3) is 0 Å². The predicted octanol–water partition coefficient (Wildman–Crippen LogP) is 4.47. The summed E-state index contributed by atoms with van der Waals surface area (Å²) in [5.74, 6) is 0.818. The fraction of sp³-hybridized carbons (Fsp3) is 0.312. The van der Waals surface area contributed by atoms with E-state index >= 15 is 0 Å². The number of carbonyl (C=O) groups is 1. The number of halogens is 1. The first-order chi connectivity index (χ1) is 10.5. The second-order valence-electron chi connectivity index (χ2n) is 4.86. The van der Waals surface area contributed by atoms with Crippen LogP contribution in [-0.4, -0.2) is 21.7 Å². The van der Waals surface area contributed by atoms with Gasteiger partial charge in [0.2, 0.25) is 0 Å². The van der Waals surface area contributed by atoms with Crippen molar-refractivity contribution in [2.24, 2.45) is 0 Å². The molecule has 4 nitrogen and oxygen atoms in total. The van der Waals surface area contributed by atoms with E-state index in [4.69, 9.17) is 16.3 Å². The number of rotatable bonds is 5. The number of hydrogen-bond acceptors (Lipinski definition) is 5.